The monoisotopic (exact) mass is 323 g/mol. The summed E-state index contributed by atoms with van der Waals surface area (Å²) in [5, 5.41) is 4.21. The van der Waals surface area contributed by atoms with Gasteiger partial charge in [0.2, 0.25) is 6.79 Å². The lowest BCUT2D eigenvalue weighted by molar-refractivity contribution is 0.174. The molecule has 1 aromatic carbocycles. The maximum absolute atomic E-state index is 12.7. The minimum absolute atomic E-state index is 0.104. The normalized spacial score (nSPS) is 13.5. The minimum Gasteiger partial charge on any atom is -0.454 e. The number of sulfonamides is 1. The molecule has 8 heteroatoms. The van der Waals surface area contributed by atoms with Crippen LogP contribution in [0.4, 0.5) is 5.69 Å². The van der Waals surface area contributed by atoms with Gasteiger partial charge in [-0.3, -0.25) is 9.40 Å². The van der Waals surface area contributed by atoms with Crippen LogP contribution in [0.25, 0.3) is 0 Å². The average molecular weight is 323 g/mol. The summed E-state index contributed by atoms with van der Waals surface area (Å²) in [6, 6.07) is 3.15. The molecule has 118 valence electrons. The second-order valence-electron chi connectivity index (χ2n) is 5.25. The highest BCUT2D eigenvalue weighted by molar-refractivity contribution is 7.92. The van der Waals surface area contributed by atoms with Crippen molar-refractivity contribution in [2.24, 2.45) is 7.05 Å². The van der Waals surface area contributed by atoms with E-state index in [-0.39, 0.29) is 11.7 Å². The van der Waals surface area contributed by atoms with Gasteiger partial charge >= 0.3 is 0 Å². The van der Waals surface area contributed by atoms with Gasteiger partial charge in [-0.25, -0.2) is 8.42 Å². The van der Waals surface area contributed by atoms with Crippen molar-refractivity contribution in [2.75, 3.05) is 11.5 Å². The van der Waals surface area contributed by atoms with Crippen LogP contribution in [0.1, 0.15) is 17.0 Å². The number of nitrogens with zero attached hydrogens (tertiary/aromatic N) is 2. The van der Waals surface area contributed by atoms with E-state index in [1.807, 2.05) is 6.92 Å². The first kappa shape index (κ1) is 14.7. The summed E-state index contributed by atoms with van der Waals surface area (Å²) in [5.41, 5.74) is 2.47. The van der Waals surface area contributed by atoms with Crippen molar-refractivity contribution in [3.8, 4) is 11.5 Å². The molecule has 1 N–H and O–H groups in total. The number of fused-ring (bicyclic) bond motifs is 1. The van der Waals surface area contributed by atoms with E-state index in [2.05, 4.69) is 9.82 Å². The van der Waals surface area contributed by atoms with Gasteiger partial charge < -0.3 is 9.47 Å². The van der Waals surface area contributed by atoms with Crippen molar-refractivity contribution in [3.05, 3.63) is 29.1 Å². The number of aromatic nitrogens is 2. The zero-order chi connectivity index (χ0) is 16.1. The second kappa shape index (κ2) is 4.91. The Kier molecular flexibility index (Phi) is 3.28. The van der Waals surface area contributed by atoms with Crippen LogP contribution in [-0.4, -0.2) is 25.0 Å². The molecule has 3 rings (SSSR count). The number of hydrogen-bond acceptors (Lipinski definition) is 5. The number of nitrogens with one attached hydrogen (secondary N) is 1. The van der Waals surface area contributed by atoms with Gasteiger partial charge in [0.1, 0.15) is 0 Å². The lowest BCUT2D eigenvalue weighted by atomic mass is 10.2. The summed E-state index contributed by atoms with van der Waals surface area (Å²) >= 11 is 0. The number of hydrogen-bond donors (Lipinski definition) is 1. The third-order valence-electron chi connectivity index (χ3n) is 3.71. The quantitative estimate of drug-likeness (QED) is 0.932. The maximum Gasteiger partial charge on any atom is 0.262 e. The third-order valence-corrected chi connectivity index (χ3v) is 5.20. The lowest BCUT2D eigenvalue weighted by Crippen LogP contribution is -2.15. The molecule has 0 radical (unpaired) electrons. The Morgan fingerprint density at radius 1 is 1.18 bits per heavy atom. The van der Waals surface area contributed by atoms with Gasteiger partial charge in [-0.15, -0.1) is 0 Å². The van der Waals surface area contributed by atoms with Crippen molar-refractivity contribution in [3.63, 3.8) is 0 Å². The highest BCUT2D eigenvalue weighted by Gasteiger charge is 2.25. The highest BCUT2D eigenvalue weighted by Crippen LogP contribution is 2.37. The maximum atomic E-state index is 12.7. The molecule has 0 atom stereocenters. The highest BCUT2D eigenvalue weighted by atomic mass is 32.2. The molecular formula is C14H17N3O4S. The number of anilines is 1. The zero-order valence-corrected chi connectivity index (χ0v) is 13.6. The zero-order valence-electron chi connectivity index (χ0n) is 12.8. The van der Waals surface area contributed by atoms with Crippen LogP contribution in [0.2, 0.25) is 0 Å². The number of rotatable bonds is 3. The van der Waals surface area contributed by atoms with Gasteiger partial charge in [0.15, 0.2) is 11.5 Å². The van der Waals surface area contributed by atoms with Gasteiger partial charge in [-0.1, -0.05) is 0 Å². The first-order valence-electron chi connectivity index (χ1n) is 6.73. The van der Waals surface area contributed by atoms with E-state index >= 15 is 0 Å². The SMILES string of the molecule is Cc1cc2c(cc1S(=O)(=O)Nc1c(C)nn(C)c1C)OCO2. The lowest BCUT2D eigenvalue weighted by Gasteiger charge is -2.11. The van der Waals surface area contributed by atoms with E-state index in [4.69, 9.17) is 9.47 Å². The van der Waals surface area contributed by atoms with Crippen LogP contribution in [0.15, 0.2) is 17.0 Å². The Morgan fingerprint density at radius 3 is 2.41 bits per heavy atom. The van der Waals surface area contributed by atoms with E-state index in [1.54, 1.807) is 31.6 Å². The second-order valence-corrected chi connectivity index (χ2v) is 6.90. The molecule has 1 aromatic heterocycles. The molecule has 0 saturated heterocycles. The summed E-state index contributed by atoms with van der Waals surface area (Å²) in [4.78, 5) is 0.166. The molecule has 0 fully saturated rings. The van der Waals surface area contributed by atoms with Crippen molar-refractivity contribution in [1.82, 2.24) is 9.78 Å². The van der Waals surface area contributed by atoms with Gasteiger partial charge in [0.05, 0.1) is 22.0 Å². The smallest absolute Gasteiger partial charge is 0.262 e. The molecule has 1 aliphatic heterocycles. The summed E-state index contributed by atoms with van der Waals surface area (Å²) in [7, 11) is -1.97. The Labute approximate surface area is 128 Å². The molecule has 0 bridgehead atoms. The summed E-state index contributed by atoms with van der Waals surface area (Å²) in [5.74, 6) is 0.996. The molecular weight excluding hydrogens is 306 g/mol. The third kappa shape index (κ3) is 2.29. The molecule has 0 amide bonds. The Morgan fingerprint density at radius 2 is 1.82 bits per heavy atom. The van der Waals surface area contributed by atoms with Crippen LogP contribution >= 0.6 is 0 Å². The molecule has 1 aliphatic rings. The average Bonchev–Trinajstić information content (AvgIpc) is 2.97. The fourth-order valence-corrected chi connectivity index (χ4v) is 3.84. The van der Waals surface area contributed by atoms with Crippen molar-refractivity contribution < 1.29 is 17.9 Å². The van der Waals surface area contributed by atoms with Crippen molar-refractivity contribution >= 4 is 15.7 Å². The van der Waals surface area contributed by atoms with Crippen LogP contribution in [-0.2, 0) is 17.1 Å². The predicted octanol–water partition coefficient (Wildman–Crippen LogP) is 1.87. The summed E-state index contributed by atoms with van der Waals surface area (Å²) in [6.07, 6.45) is 0. The van der Waals surface area contributed by atoms with E-state index in [9.17, 15) is 8.42 Å². The molecule has 2 heterocycles. The van der Waals surface area contributed by atoms with Gasteiger partial charge in [0.25, 0.3) is 10.0 Å². The fourth-order valence-electron chi connectivity index (χ4n) is 2.43. The molecule has 0 unspecified atom stereocenters. The van der Waals surface area contributed by atoms with Crippen molar-refractivity contribution in [2.45, 2.75) is 25.7 Å². The molecule has 7 nitrogen and oxygen atoms in total. The van der Waals surface area contributed by atoms with Gasteiger partial charge in [-0.05, 0) is 32.4 Å². The Hall–Kier alpha value is -2.22. The summed E-state index contributed by atoms with van der Waals surface area (Å²) < 4.78 is 40.2. The number of ether oxygens (including phenoxy) is 2. The van der Waals surface area contributed by atoms with Gasteiger partial charge in [-0.2, -0.15) is 5.10 Å². The molecule has 0 saturated carbocycles. The number of benzene rings is 1. The summed E-state index contributed by atoms with van der Waals surface area (Å²) in [6.45, 7) is 5.40. The molecule has 2 aromatic rings. The van der Waals surface area contributed by atoms with E-state index in [0.717, 1.165) is 5.69 Å². The van der Waals surface area contributed by atoms with E-state index in [0.29, 0.717) is 28.4 Å². The first-order valence-corrected chi connectivity index (χ1v) is 8.21. The van der Waals surface area contributed by atoms with E-state index in [1.165, 1.54) is 6.07 Å². The van der Waals surface area contributed by atoms with Crippen LogP contribution in [0.3, 0.4) is 0 Å². The first-order chi connectivity index (χ1) is 10.3. The fraction of sp³-hybridized carbons (Fsp3) is 0.357. The van der Waals surface area contributed by atoms with E-state index < -0.39 is 10.0 Å². The topological polar surface area (TPSA) is 82.5 Å². The largest absolute Gasteiger partial charge is 0.454 e. The Bertz CT molecular complexity index is 855. The number of aryl methyl sites for hydroxylation is 3. The van der Waals surface area contributed by atoms with Crippen molar-refractivity contribution in [1.29, 1.82) is 0 Å². The molecule has 0 aliphatic carbocycles. The van der Waals surface area contributed by atoms with Crippen LogP contribution < -0.4 is 14.2 Å². The van der Waals surface area contributed by atoms with Crippen LogP contribution in [0, 0.1) is 20.8 Å². The minimum atomic E-state index is -3.74. The molecule has 0 spiro atoms. The standard InChI is InChI=1S/C14H17N3O4S/c1-8-5-11-12(21-7-20-11)6-13(8)22(18,19)16-14-9(2)15-17(4)10(14)3/h5-6,16H,7H2,1-4H3. The van der Waals surface area contributed by atoms with Gasteiger partial charge in [0, 0.05) is 13.1 Å². The van der Waals surface area contributed by atoms with Crippen LogP contribution in [0.5, 0.6) is 11.5 Å². The Balaban J connectivity index is 2.04. The predicted molar refractivity (Wildman–Crippen MR) is 80.8 cm³/mol. The molecule has 22 heavy (non-hydrogen) atoms.